The second kappa shape index (κ2) is 6.90. The molecule has 26 heavy (non-hydrogen) atoms. The van der Waals surface area contributed by atoms with Crippen molar-refractivity contribution in [2.45, 2.75) is 6.92 Å². The molecule has 0 aliphatic carbocycles. The van der Waals surface area contributed by atoms with Crippen molar-refractivity contribution in [3.05, 3.63) is 82.9 Å². The van der Waals surface area contributed by atoms with Gasteiger partial charge in [-0.1, -0.05) is 47.5 Å². The molecule has 0 unspecified atom stereocenters. The van der Waals surface area contributed by atoms with Crippen LogP contribution < -0.4 is 5.32 Å². The van der Waals surface area contributed by atoms with E-state index in [0.29, 0.717) is 16.3 Å². The lowest BCUT2D eigenvalue weighted by Crippen LogP contribution is -2.12. The minimum atomic E-state index is -0.183. The quantitative estimate of drug-likeness (QED) is 0.462. The normalized spacial score (nSPS) is 10.8. The van der Waals surface area contributed by atoms with Gasteiger partial charge in [0.1, 0.15) is 5.01 Å². The van der Waals surface area contributed by atoms with E-state index in [1.165, 1.54) is 0 Å². The summed E-state index contributed by atoms with van der Waals surface area (Å²) < 4.78 is 1.13. The Morgan fingerprint density at radius 3 is 2.69 bits per heavy atom. The van der Waals surface area contributed by atoms with Crippen LogP contribution in [0.15, 0.2) is 66.7 Å². The standard InChI is InChI=1S/C21H15ClN2OS/c1-13-5-4-6-14(11-13)20(25)23-18-12-15(9-10-16(18)22)21-24-17-7-2-3-8-19(17)26-21/h2-12H,1H3,(H,23,25). The fraction of sp³-hybridized carbons (Fsp3) is 0.0476. The topological polar surface area (TPSA) is 42.0 Å². The zero-order chi connectivity index (χ0) is 18.1. The van der Waals surface area contributed by atoms with E-state index in [1.807, 2.05) is 61.5 Å². The summed E-state index contributed by atoms with van der Waals surface area (Å²) in [4.78, 5) is 17.2. The molecule has 1 amide bonds. The number of benzene rings is 3. The van der Waals surface area contributed by atoms with E-state index in [1.54, 1.807) is 23.5 Å². The van der Waals surface area contributed by atoms with Gasteiger partial charge >= 0.3 is 0 Å². The lowest BCUT2D eigenvalue weighted by molar-refractivity contribution is 0.102. The Balaban J connectivity index is 1.67. The molecule has 3 aromatic carbocycles. The third-order valence-electron chi connectivity index (χ3n) is 4.04. The average Bonchev–Trinajstić information content (AvgIpc) is 3.07. The Bertz CT molecular complexity index is 1090. The van der Waals surface area contributed by atoms with Crippen LogP contribution in [-0.2, 0) is 0 Å². The van der Waals surface area contributed by atoms with Crippen LogP contribution in [0.3, 0.4) is 0 Å². The monoisotopic (exact) mass is 378 g/mol. The van der Waals surface area contributed by atoms with E-state index in [2.05, 4.69) is 10.3 Å². The fourth-order valence-corrected chi connectivity index (χ4v) is 3.86. The zero-order valence-electron chi connectivity index (χ0n) is 14.0. The van der Waals surface area contributed by atoms with Gasteiger partial charge in [-0.2, -0.15) is 0 Å². The molecule has 1 heterocycles. The summed E-state index contributed by atoms with van der Waals surface area (Å²) in [7, 11) is 0. The molecule has 0 bridgehead atoms. The molecule has 4 rings (SSSR count). The van der Waals surface area contributed by atoms with Crippen LogP contribution in [0.5, 0.6) is 0 Å². The van der Waals surface area contributed by atoms with Crippen LogP contribution >= 0.6 is 22.9 Å². The number of carbonyl (C=O) groups is 1. The SMILES string of the molecule is Cc1cccc(C(=O)Nc2cc(-c3nc4ccccc4s3)ccc2Cl)c1. The molecule has 0 saturated heterocycles. The third-order valence-corrected chi connectivity index (χ3v) is 5.45. The minimum absolute atomic E-state index is 0.183. The number of nitrogens with one attached hydrogen (secondary N) is 1. The lowest BCUT2D eigenvalue weighted by atomic mass is 10.1. The van der Waals surface area contributed by atoms with Crippen molar-refractivity contribution in [1.29, 1.82) is 0 Å². The number of fused-ring (bicyclic) bond motifs is 1. The maximum Gasteiger partial charge on any atom is 0.255 e. The van der Waals surface area contributed by atoms with Gasteiger partial charge in [0, 0.05) is 11.1 Å². The molecule has 3 nitrogen and oxygen atoms in total. The number of halogens is 1. The number of anilines is 1. The first kappa shape index (κ1) is 16.8. The molecule has 0 radical (unpaired) electrons. The van der Waals surface area contributed by atoms with Crippen molar-refractivity contribution in [2.75, 3.05) is 5.32 Å². The van der Waals surface area contributed by atoms with E-state index in [9.17, 15) is 4.79 Å². The number of nitrogens with zero attached hydrogens (tertiary/aromatic N) is 1. The van der Waals surface area contributed by atoms with E-state index in [0.717, 1.165) is 26.4 Å². The molecule has 1 N–H and O–H groups in total. The average molecular weight is 379 g/mol. The minimum Gasteiger partial charge on any atom is -0.321 e. The molecular formula is C21H15ClN2OS. The first-order chi connectivity index (χ1) is 12.6. The molecule has 0 fully saturated rings. The van der Waals surface area contributed by atoms with E-state index in [4.69, 9.17) is 11.6 Å². The Morgan fingerprint density at radius 1 is 1.04 bits per heavy atom. The van der Waals surface area contributed by atoms with Crippen LogP contribution in [0.1, 0.15) is 15.9 Å². The van der Waals surface area contributed by atoms with Gasteiger partial charge in [0.05, 0.1) is 20.9 Å². The number of hydrogen-bond acceptors (Lipinski definition) is 3. The van der Waals surface area contributed by atoms with Crippen LogP contribution in [0.4, 0.5) is 5.69 Å². The number of para-hydroxylation sites is 1. The number of aromatic nitrogens is 1. The summed E-state index contributed by atoms with van der Waals surface area (Å²) in [5.74, 6) is -0.183. The van der Waals surface area contributed by atoms with Crippen molar-refractivity contribution in [3.8, 4) is 10.6 Å². The maximum atomic E-state index is 12.5. The Morgan fingerprint density at radius 2 is 1.88 bits per heavy atom. The number of hydrogen-bond donors (Lipinski definition) is 1. The van der Waals surface area contributed by atoms with Gasteiger partial charge in [0.25, 0.3) is 5.91 Å². The maximum absolute atomic E-state index is 12.5. The van der Waals surface area contributed by atoms with Crippen molar-refractivity contribution < 1.29 is 4.79 Å². The number of amides is 1. The predicted octanol–water partition coefficient (Wildman–Crippen LogP) is 6.18. The Hall–Kier alpha value is -2.69. The van der Waals surface area contributed by atoms with Gasteiger partial charge < -0.3 is 5.32 Å². The molecular weight excluding hydrogens is 364 g/mol. The predicted molar refractivity (Wildman–Crippen MR) is 109 cm³/mol. The molecule has 128 valence electrons. The highest BCUT2D eigenvalue weighted by Crippen LogP contribution is 2.34. The summed E-state index contributed by atoms with van der Waals surface area (Å²) in [6.07, 6.45) is 0. The summed E-state index contributed by atoms with van der Waals surface area (Å²) in [6, 6.07) is 21.0. The second-order valence-electron chi connectivity index (χ2n) is 6.00. The lowest BCUT2D eigenvalue weighted by Gasteiger charge is -2.09. The summed E-state index contributed by atoms with van der Waals surface area (Å²) in [5, 5.41) is 4.30. The first-order valence-electron chi connectivity index (χ1n) is 8.14. The summed E-state index contributed by atoms with van der Waals surface area (Å²) in [6.45, 7) is 1.96. The number of aryl methyl sites for hydroxylation is 1. The molecule has 0 saturated carbocycles. The molecule has 0 aliphatic rings. The van der Waals surface area contributed by atoms with E-state index < -0.39 is 0 Å². The molecule has 0 spiro atoms. The zero-order valence-corrected chi connectivity index (χ0v) is 15.6. The third kappa shape index (κ3) is 3.34. The van der Waals surface area contributed by atoms with Crippen LogP contribution in [-0.4, -0.2) is 10.9 Å². The van der Waals surface area contributed by atoms with Gasteiger partial charge in [-0.3, -0.25) is 4.79 Å². The molecule has 5 heteroatoms. The van der Waals surface area contributed by atoms with Gasteiger partial charge in [-0.25, -0.2) is 4.98 Å². The Kier molecular flexibility index (Phi) is 4.45. The molecule has 0 aliphatic heterocycles. The largest absolute Gasteiger partial charge is 0.321 e. The van der Waals surface area contributed by atoms with E-state index >= 15 is 0 Å². The number of carbonyl (C=O) groups excluding carboxylic acids is 1. The van der Waals surface area contributed by atoms with E-state index in [-0.39, 0.29) is 5.91 Å². The second-order valence-corrected chi connectivity index (χ2v) is 7.44. The number of rotatable bonds is 3. The van der Waals surface area contributed by atoms with Gasteiger partial charge in [0.15, 0.2) is 0 Å². The van der Waals surface area contributed by atoms with Gasteiger partial charge in [-0.15, -0.1) is 11.3 Å². The molecule has 1 aromatic heterocycles. The highest BCUT2D eigenvalue weighted by molar-refractivity contribution is 7.21. The summed E-state index contributed by atoms with van der Waals surface area (Å²) >= 11 is 7.91. The highest BCUT2D eigenvalue weighted by atomic mass is 35.5. The molecule has 4 aromatic rings. The molecule has 0 atom stereocenters. The van der Waals surface area contributed by atoms with Crippen molar-refractivity contribution in [2.24, 2.45) is 0 Å². The number of thiazole rings is 1. The summed E-state index contributed by atoms with van der Waals surface area (Å²) in [5.41, 5.74) is 4.11. The Labute approximate surface area is 160 Å². The van der Waals surface area contributed by atoms with Crippen molar-refractivity contribution in [3.63, 3.8) is 0 Å². The first-order valence-corrected chi connectivity index (χ1v) is 9.33. The van der Waals surface area contributed by atoms with Gasteiger partial charge in [-0.05, 0) is 43.3 Å². The van der Waals surface area contributed by atoms with Gasteiger partial charge in [0.2, 0.25) is 0 Å². The smallest absolute Gasteiger partial charge is 0.255 e. The van der Waals surface area contributed by atoms with Crippen molar-refractivity contribution >= 4 is 44.7 Å². The highest BCUT2D eigenvalue weighted by Gasteiger charge is 2.12. The van der Waals surface area contributed by atoms with Crippen LogP contribution in [0.2, 0.25) is 5.02 Å². The van der Waals surface area contributed by atoms with Crippen LogP contribution in [0.25, 0.3) is 20.8 Å². The fourth-order valence-electron chi connectivity index (χ4n) is 2.73. The van der Waals surface area contributed by atoms with Crippen LogP contribution in [0, 0.1) is 6.92 Å². The van der Waals surface area contributed by atoms with Crippen molar-refractivity contribution in [1.82, 2.24) is 4.98 Å².